The van der Waals surface area contributed by atoms with Gasteiger partial charge in [0.1, 0.15) is 5.82 Å². The van der Waals surface area contributed by atoms with Crippen LogP contribution in [0.25, 0.3) is 0 Å². The largest absolute Gasteiger partial charge is 0.357 e. The molecular formula is C24H26N4O3S. The first kappa shape index (κ1) is 22.0. The highest BCUT2D eigenvalue weighted by Gasteiger charge is 2.17. The molecule has 1 aliphatic rings. The lowest BCUT2D eigenvalue weighted by Gasteiger charge is -2.17. The highest BCUT2D eigenvalue weighted by atomic mass is 32.2. The topological polar surface area (TPSA) is 91.4 Å². The molecule has 2 aromatic carbocycles. The van der Waals surface area contributed by atoms with E-state index in [1.807, 2.05) is 42.5 Å². The number of anilines is 1. The second kappa shape index (κ2) is 9.93. The smallest absolute Gasteiger partial charge is 0.251 e. The van der Waals surface area contributed by atoms with Gasteiger partial charge in [0.2, 0.25) is 10.0 Å². The minimum Gasteiger partial charge on any atom is -0.357 e. The van der Waals surface area contributed by atoms with Crippen LogP contribution < -0.4 is 14.9 Å². The van der Waals surface area contributed by atoms with Crippen LogP contribution in [-0.4, -0.2) is 32.4 Å². The van der Waals surface area contributed by atoms with Crippen molar-refractivity contribution >= 4 is 21.7 Å². The Bertz CT molecular complexity index is 1180. The van der Waals surface area contributed by atoms with Crippen molar-refractivity contribution in [3.05, 3.63) is 89.6 Å². The summed E-state index contributed by atoms with van der Waals surface area (Å²) in [5.74, 6) is 0.594. The summed E-state index contributed by atoms with van der Waals surface area (Å²) < 4.78 is 27.9. The van der Waals surface area contributed by atoms with E-state index in [0.717, 1.165) is 30.0 Å². The molecule has 3 aromatic rings. The van der Waals surface area contributed by atoms with Gasteiger partial charge < -0.3 is 10.2 Å². The third-order valence-electron chi connectivity index (χ3n) is 5.41. The molecular weight excluding hydrogens is 424 g/mol. The van der Waals surface area contributed by atoms with Crippen LogP contribution in [0.2, 0.25) is 0 Å². The summed E-state index contributed by atoms with van der Waals surface area (Å²) in [6.07, 6.45) is 4.09. The quantitative estimate of drug-likeness (QED) is 0.550. The number of sulfonamides is 1. The molecule has 0 atom stereocenters. The predicted molar refractivity (Wildman–Crippen MR) is 124 cm³/mol. The number of hydrogen-bond acceptors (Lipinski definition) is 5. The fourth-order valence-electron chi connectivity index (χ4n) is 3.64. The van der Waals surface area contributed by atoms with E-state index >= 15 is 0 Å². The second-order valence-corrected chi connectivity index (χ2v) is 9.50. The molecule has 1 aromatic heterocycles. The summed E-state index contributed by atoms with van der Waals surface area (Å²) in [7, 11) is -3.74. The highest BCUT2D eigenvalue weighted by Crippen LogP contribution is 2.18. The molecule has 2 N–H and O–H groups in total. The van der Waals surface area contributed by atoms with E-state index in [1.165, 1.54) is 25.0 Å². The molecule has 1 aliphatic heterocycles. The van der Waals surface area contributed by atoms with Crippen LogP contribution in [0.5, 0.6) is 0 Å². The Balaban J connectivity index is 1.39. The Hall–Kier alpha value is -3.23. The van der Waals surface area contributed by atoms with Crippen molar-refractivity contribution in [2.24, 2.45) is 0 Å². The van der Waals surface area contributed by atoms with Crippen LogP contribution in [0.3, 0.4) is 0 Å². The molecule has 0 saturated carbocycles. The van der Waals surface area contributed by atoms with Crippen molar-refractivity contribution in [3.63, 3.8) is 0 Å². The molecule has 0 aliphatic carbocycles. The van der Waals surface area contributed by atoms with Gasteiger partial charge in [-0.3, -0.25) is 4.79 Å². The first-order valence-electron chi connectivity index (χ1n) is 10.6. The molecule has 0 radical (unpaired) electrons. The van der Waals surface area contributed by atoms with Gasteiger partial charge in [-0.05, 0) is 54.3 Å². The first-order chi connectivity index (χ1) is 15.5. The van der Waals surface area contributed by atoms with E-state index in [2.05, 4.69) is 19.9 Å². The maximum Gasteiger partial charge on any atom is 0.251 e. The van der Waals surface area contributed by atoms with Gasteiger partial charge in [-0.15, -0.1) is 0 Å². The number of pyridine rings is 1. The van der Waals surface area contributed by atoms with Crippen LogP contribution in [-0.2, 0) is 23.1 Å². The molecule has 2 heterocycles. The van der Waals surface area contributed by atoms with Crippen LogP contribution in [0, 0.1) is 0 Å². The SMILES string of the molecule is O=C(NCc1ccnc(N2CCCC2)c1)c1cccc(S(=O)(=O)NCc2ccccc2)c1. The average Bonchev–Trinajstić information content (AvgIpc) is 3.37. The van der Waals surface area contributed by atoms with Gasteiger partial charge in [0, 0.05) is 37.9 Å². The molecule has 1 saturated heterocycles. The number of aromatic nitrogens is 1. The van der Waals surface area contributed by atoms with Gasteiger partial charge in [-0.2, -0.15) is 0 Å². The fourth-order valence-corrected chi connectivity index (χ4v) is 4.70. The first-order valence-corrected chi connectivity index (χ1v) is 12.1. The maximum atomic E-state index is 12.7. The molecule has 1 fully saturated rings. The van der Waals surface area contributed by atoms with Gasteiger partial charge >= 0.3 is 0 Å². The second-order valence-electron chi connectivity index (χ2n) is 7.74. The monoisotopic (exact) mass is 450 g/mol. The average molecular weight is 451 g/mol. The molecule has 7 nitrogen and oxygen atoms in total. The van der Waals surface area contributed by atoms with Gasteiger partial charge in [-0.1, -0.05) is 36.4 Å². The van der Waals surface area contributed by atoms with Crippen molar-refractivity contribution in [2.75, 3.05) is 18.0 Å². The molecule has 1 amide bonds. The lowest BCUT2D eigenvalue weighted by atomic mass is 10.2. The Morgan fingerprint density at radius 2 is 1.69 bits per heavy atom. The highest BCUT2D eigenvalue weighted by molar-refractivity contribution is 7.89. The van der Waals surface area contributed by atoms with Crippen molar-refractivity contribution in [1.82, 2.24) is 15.0 Å². The summed E-state index contributed by atoms with van der Waals surface area (Å²) in [5.41, 5.74) is 2.10. The van der Waals surface area contributed by atoms with E-state index in [0.29, 0.717) is 12.1 Å². The zero-order valence-corrected chi connectivity index (χ0v) is 18.5. The predicted octanol–water partition coefficient (Wildman–Crippen LogP) is 3.09. The Labute approximate surface area is 188 Å². The number of hydrogen-bond donors (Lipinski definition) is 2. The summed E-state index contributed by atoms with van der Waals surface area (Å²) in [5, 5.41) is 2.87. The Morgan fingerprint density at radius 3 is 2.47 bits per heavy atom. The Kier molecular flexibility index (Phi) is 6.82. The number of amides is 1. The van der Waals surface area contributed by atoms with Gasteiger partial charge in [0.15, 0.2) is 0 Å². The van der Waals surface area contributed by atoms with Crippen LogP contribution in [0.4, 0.5) is 5.82 Å². The van der Waals surface area contributed by atoms with E-state index in [4.69, 9.17) is 0 Å². The zero-order valence-electron chi connectivity index (χ0n) is 17.7. The summed E-state index contributed by atoms with van der Waals surface area (Å²) >= 11 is 0. The number of carbonyl (C=O) groups excluding carboxylic acids is 1. The molecule has 166 valence electrons. The van der Waals surface area contributed by atoms with Crippen LogP contribution in [0.15, 0.2) is 77.8 Å². The van der Waals surface area contributed by atoms with Gasteiger partial charge in [-0.25, -0.2) is 18.1 Å². The van der Waals surface area contributed by atoms with Gasteiger partial charge in [0.25, 0.3) is 5.91 Å². The molecule has 8 heteroatoms. The van der Waals surface area contributed by atoms with Crippen molar-refractivity contribution in [1.29, 1.82) is 0 Å². The molecule has 0 spiro atoms. The third-order valence-corrected chi connectivity index (χ3v) is 6.81. The van der Waals surface area contributed by atoms with Crippen molar-refractivity contribution < 1.29 is 13.2 Å². The number of nitrogens with zero attached hydrogens (tertiary/aromatic N) is 2. The number of nitrogens with one attached hydrogen (secondary N) is 2. The molecule has 4 rings (SSSR count). The lowest BCUT2D eigenvalue weighted by Crippen LogP contribution is -2.25. The number of rotatable bonds is 8. The van der Waals surface area contributed by atoms with Crippen molar-refractivity contribution in [3.8, 4) is 0 Å². The summed E-state index contributed by atoms with van der Waals surface area (Å²) in [6.45, 7) is 2.52. The molecule has 0 bridgehead atoms. The van der Waals surface area contributed by atoms with E-state index in [-0.39, 0.29) is 17.3 Å². The minimum absolute atomic E-state index is 0.0568. The van der Waals surface area contributed by atoms with Crippen molar-refractivity contribution in [2.45, 2.75) is 30.8 Å². The zero-order chi connectivity index (χ0) is 22.4. The Morgan fingerprint density at radius 1 is 0.906 bits per heavy atom. The minimum atomic E-state index is -3.74. The standard InChI is InChI=1S/C24H26N4O3S/c29-24(26-17-20-11-12-25-23(15-20)28-13-4-5-14-28)21-9-6-10-22(16-21)32(30,31)27-18-19-7-2-1-3-8-19/h1-3,6-12,15-16,27H,4-5,13-14,17-18H2,(H,26,29). The number of carbonyl (C=O) groups is 1. The van der Waals surface area contributed by atoms with E-state index in [1.54, 1.807) is 18.3 Å². The number of benzene rings is 2. The lowest BCUT2D eigenvalue weighted by molar-refractivity contribution is 0.0950. The molecule has 0 unspecified atom stereocenters. The fraction of sp³-hybridized carbons (Fsp3) is 0.250. The van der Waals surface area contributed by atoms with E-state index < -0.39 is 10.0 Å². The molecule has 32 heavy (non-hydrogen) atoms. The normalized spacial score (nSPS) is 13.8. The summed E-state index contributed by atoms with van der Waals surface area (Å²) in [4.78, 5) is 19.4. The van der Waals surface area contributed by atoms with Gasteiger partial charge in [0.05, 0.1) is 4.90 Å². The van der Waals surface area contributed by atoms with Crippen LogP contribution in [0.1, 0.15) is 34.3 Å². The third kappa shape index (κ3) is 5.52. The van der Waals surface area contributed by atoms with E-state index in [9.17, 15) is 13.2 Å². The maximum absolute atomic E-state index is 12.7. The van der Waals surface area contributed by atoms with Crippen LogP contribution >= 0.6 is 0 Å². The summed E-state index contributed by atoms with van der Waals surface area (Å²) in [6, 6.07) is 19.2.